The van der Waals surface area contributed by atoms with Crippen LogP contribution in [0.2, 0.25) is 0 Å². The maximum Gasteiger partial charge on any atom is 0.304 e. The number of aliphatic hydroxyl groups is 1. The Kier molecular flexibility index (Phi) is 4.94. The Hall–Kier alpha value is -1.91. The van der Waals surface area contributed by atoms with Gasteiger partial charge in [-0.1, -0.05) is 36.4 Å². The minimum Gasteiger partial charge on any atom is -0.481 e. The van der Waals surface area contributed by atoms with E-state index in [1.165, 1.54) is 0 Å². The van der Waals surface area contributed by atoms with Gasteiger partial charge in [-0.25, -0.2) is 0 Å². The molecular formula is C17H21NO3. The van der Waals surface area contributed by atoms with Crippen LogP contribution in [0.15, 0.2) is 42.5 Å². The van der Waals surface area contributed by atoms with E-state index in [1.807, 2.05) is 61.3 Å². The Morgan fingerprint density at radius 1 is 1.19 bits per heavy atom. The fourth-order valence-corrected chi connectivity index (χ4v) is 2.39. The predicted octanol–water partition coefficient (Wildman–Crippen LogP) is 2.67. The van der Waals surface area contributed by atoms with Crippen molar-refractivity contribution in [3.8, 4) is 0 Å². The third-order valence-electron chi connectivity index (χ3n) is 3.95. The molecule has 2 rings (SSSR count). The van der Waals surface area contributed by atoms with Crippen molar-refractivity contribution in [2.24, 2.45) is 0 Å². The van der Waals surface area contributed by atoms with Crippen LogP contribution in [-0.2, 0) is 4.79 Å². The van der Waals surface area contributed by atoms with Gasteiger partial charge < -0.3 is 15.1 Å². The quantitative estimate of drug-likeness (QED) is 0.857. The largest absolute Gasteiger partial charge is 0.481 e. The molecule has 0 heterocycles. The molecule has 0 amide bonds. The maximum absolute atomic E-state index is 10.6. The van der Waals surface area contributed by atoms with Crippen molar-refractivity contribution in [1.29, 1.82) is 0 Å². The average Bonchev–Trinajstić information content (AvgIpc) is 2.50. The van der Waals surface area contributed by atoms with E-state index in [4.69, 9.17) is 5.11 Å². The summed E-state index contributed by atoms with van der Waals surface area (Å²) >= 11 is 0. The number of nitrogens with zero attached hydrogens (tertiary/aromatic N) is 1. The molecule has 4 nitrogen and oxygen atoms in total. The van der Waals surface area contributed by atoms with E-state index in [9.17, 15) is 9.90 Å². The van der Waals surface area contributed by atoms with E-state index in [0.717, 1.165) is 16.3 Å². The number of benzene rings is 2. The van der Waals surface area contributed by atoms with Gasteiger partial charge in [0.2, 0.25) is 0 Å². The zero-order valence-electron chi connectivity index (χ0n) is 12.4. The van der Waals surface area contributed by atoms with Crippen LogP contribution < -0.4 is 0 Å². The standard InChI is InChI=1S/C17H21NO3/c1-12(18(2)10-9-16(19)20)17(21)15-8-7-13-5-3-4-6-14(13)11-15/h3-8,11-12,17,21H,9-10H2,1-2H3,(H,19,20). The highest BCUT2D eigenvalue weighted by atomic mass is 16.4. The van der Waals surface area contributed by atoms with Crippen LogP contribution >= 0.6 is 0 Å². The normalized spacial score (nSPS) is 14.3. The van der Waals surface area contributed by atoms with Gasteiger partial charge in [0.1, 0.15) is 0 Å². The second kappa shape index (κ2) is 6.70. The molecule has 0 aliphatic heterocycles. The number of hydrogen-bond acceptors (Lipinski definition) is 3. The lowest BCUT2D eigenvalue weighted by Crippen LogP contribution is -2.35. The van der Waals surface area contributed by atoms with Crippen molar-refractivity contribution in [3.63, 3.8) is 0 Å². The Bertz CT molecular complexity index is 626. The fraction of sp³-hybridized carbons (Fsp3) is 0.353. The van der Waals surface area contributed by atoms with E-state index >= 15 is 0 Å². The molecule has 2 aromatic carbocycles. The average molecular weight is 287 g/mol. The van der Waals surface area contributed by atoms with Crippen molar-refractivity contribution >= 4 is 16.7 Å². The zero-order chi connectivity index (χ0) is 15.4. The Labute approximate surface area is 124 Å². The second-order valence-corrected chi connectivity index (χ2v) is 5.42. The van der Waals surface area contributed by atoms with E-state index in [2.05, 4.69) is 0 Å². The van der Waals surface area contributed by atoms with Gasteiger partial charge in [-0.15, -0.1) is 0 Å². The smallest absolute Gasteiger partial charge is 0.304 e. The summed E-state index contributed by atoms with van der Waals surface area (Å²) in [5.74, 6) is -0.825. The van der Waals surface area contributed by atoms with E-state index in [0.29, 0.717) is 6.54 Å². The summed E-state index contributed by atoms with van der Waals surface area (Å²) in [7, 11) is 1.83. The number of fused-ring (bicyclic) bond motifs is 1. The Balaban J connectivity index is 2.12. The number of carboxylic acids is 1. The molecule has 0 spiro atoms. The van der Waals surface area contributed by atoms with E-state index in [1.54, 1.807) is 0 Å². The zero-order valence-corrected chi connectivity index (χ0v) is 12.4. The Morgan fingerprint density at radius 3 is 2.52 bits per heavy atom. The first-order valence-corrected chi connectivity index (χ1v) is 7.08. The third kappa shape index (κ3) is 3.80. The summed E-state index contributed by atoms with van der Waals surface area (Å²) in [6.07, 6.45) is -0.570. The lowest BCUT2D eigenvalue weighted by atomic mass is 9.99. The highest BCUT2D eigenvalue weighted by Crippen LogP contribution is 2.24. The summed E-state index contributed by atoms with van der Waals surface area (Å²) in [6, 6.07) is 13.8. The van der Waals surface area contributed by atoms with Crippen LogP contribution in [0.4, 0.5) is 0 Å². The van der Waals surface area contributed by atoms with Crippen molar-refractivity contribution < 1.29 is 15.0 Å². The van der Waals surface area contributed by atoms with Gasteiger partial charge in [-0.2, -0.15) is 0 Å². The lowest BCUT2D eigenvalue weighted by molar-refractivity contribution is -0.137. The molecule has 0 saturated carbocycles. The summed E-state index contributed by atoms with van der Waals surface area (Å²) in [5.41, 5.74) is 0.850. The van der Waals surface area contributed by atoms with Gasteiger partial charge >= 0.3 is 5.97 Å². The highest BCUT2D eigenvalue weighted by Gasteiger charge is 2.21. The van der Waals surface area contributed by atoms with Crippen molar-refractivity contribution in [2.45, 2.75) is 25.5 Å². The first kappa shape index (κ1) is 15.5. The summed E-state index contributed by atoms with van der Waals surface area (Å²) in [4.78, 5) is 12.5. The fourth-order valence-electron chi connectivity index (χ4n) is 2.39. The number of hydrogen-bond donors (Lipinski definition) is 2. The SMILES string of the molecule is CC(C(O)c1ccc2ccccc2c1)N(C)CCC(=O)O. The minimum atomic E-state index is -0.825. The molecule has 2 aromatic rings. The molecule has 0 bridgehead atoms. The number of carboxylic acid groups (broad SMARTS) is 1. The van der Waals surface area contributed by atoms with Gasteiger partial charge in [0.15, 0.2) is 0 Å². The molecule has 2 unspecified atom stereocenters. The van der Waals surface area contributed by atoms with Gasteiger partial charge in [0.25, 0.3) is 0 Å². The van der Waals surface area contributed by atoms with Gasteiger partial charge in [-0.3, -0.25) is 4.79 Å². The van der Waals surface area contributed by atoms with E-state index in [-0.39, 0.29) is 12.5 Å². The molecule has 0 radical (unpaired) electrons. The minimum absolute atomic E-state index is 0.0747. The number of carbonyl (C=O) groups is 1. The van der Waals surface area contributed by atoms with Crippen LogP contribution in [-0.4, -0.2) is 40.7 Å². The number of likely N-dealkylation sites (N-methyl/N-ethyl adjacent to an activating group) is 1. The molecule has 0 fully saturated rings. The van der Waals surface area contributed by atoms with Crippen LogP contribution in [0.1, 0.15) is 25.0 Å². The molecule has 0 aliphatic rings. The number of aliphatic hydroxyl groups excluding tert-OH is 1. The molecule has 112 valence electrons. The predicted molar refractivity (Wildman–Crippen MR) is 83.3 cm³/mol. The second-order valence-electron chi connectivity index (χ2n) is 5.42. The maximum atomic E-state index is 10.6. The van der Waals surface area contributed by atoms with Crippen LogP contribution in [0.3, 0.4) is 0 Å². The van der Waals surface area contributed by atoms with Crippen LogP contribution in [0.5, 0.6) is 0 Å². The molecule has 21 heavy (non-hydrogen) atoms. The first-order valence-electron chi connectivity index (χ1n) is 7.08. The van der Waals surface area contributed by atoms with Crippen molar-refractivity contribution in [2.75, 3.05) is 13.6 Å². The van der Waals surface area contributed by atoms with Gasteiger partial charge in [0.05, 0.1) is 12.5 Å². The van der Waals surface area contributed by atoms with E-state index < -0.39 is 12.1 Å². The van der Waals surface area contributed by atoms with Crippen LogP contribution in [0.25, 0.3) is 10.8 Å². The molecule has 0 saturated heterocycles. The molecule has 2 atom stereocenters. The molecule has 2 N–H and O–H groups in total. The lowest BCUT2D eigenvalue weighted by Gasteiger charge is -2.28. The summed E-state index contributed by atoms with van der Waals surface area (Å²) in [6.45, 7) is 2.32. The Morgan fingerprint density at radius 2 is 1.86 bits per heavy atom. The molecular weight excluding hydrogens is 266 g/mol. The van der Waals surface area contributed by atoms with Gasteiger partial charge in [0, 0.05) is 12.6 Å². The van der Waals surface area contributed by atoms with Crippen LogP contribution in [0, 0.1) is 0 Å². The monoisotopic (exact) mass is 287 g/mol. The molecule has 0 aromatic heterocycles. The number of aliphatic carboxylic acids is 1. The summed E-state index contributed by atoms with van der Waals surface area (Å²) < 4.78 is 0. The summed E-state index contributed by atoms with van der Waals surface area (Å²) in [5, 5.41) is 21.5. The molecule has 0 aliphatic carbocycles. The van der Waals surface area contributed by atoms with Crippen molar-refractivity contribution in [3.05, 3.63) is 48.0 Å². The highest BCUT2D eigenvalue weighted by molar-refractivity contribution is 5.83. The first-order chi connectivity index (χ1) is 9.99. The molecule has 4 heteroatoms. The van der Waals surface area contributed by atoms with Crippen molar-refractivity contribution in [1.82, 2.24) is 4.90 Å². The van der Waals surface area contributed by atoms with Gasteiger partial charge in [-0.05, 0) is 36.4 Å². The third-order valence-corrected chi connectivity index (χ3v) is 3.95. The number of rotatable bonds is 6. The topological polar surface area (TPSA) is 60.8 Å².